The van der Waals surface area contributed by atoms with Crippen molar-refractivity contribution < 1.29 is 4.79 Å². The molecule has 0 spiro atoms. The number of aromatic amines is 1. The molecule has 5 heteroatoms. The Balaban J connectivity index is 1.37. The summed E-state index contributed by atoms with van der Waals surface area (Å²) in [7, 11) is 0. The molecule has 2 N–H and O–H groups in total. The minimum absolute atomic E-state index is 0.0641. The van der Waals surface area contributed by atoms with E-state index in [1.807, 2.05) is 19.1 Å². The average Bonchev–Trinajstić information content (AvgIpc) is 3.09. The number of nitrogens with one attached hydrogen (secondary N) is 2. The van der Waals surface area contributed by atoms with E-state index in [4.69, 9.17) is 0 Å². The van der Waals surface area contributed by atoms with E-state index in [1.165, 1.54) is 11.1 Å². The van der Waals surface area contributed by atoms with Gasteiger partial charge in [0.1, 0.15) is 0 Å². The Labute approximate surface area is 179 Å². The highest BCUT2D eigenvalue weighted by Gasteiger charge is 2.17. The first-order chi connectivity index (χ1) is 14.6. The minimum Gasteiger partial charge on any atom is -0.358 e. The van der Waals surface area contributed by atoms with Gasteiger partial charge in [-0.2, -0.15) is 0 Å². The van der Waals surface area contributed by atoms with Crippen molar-refractivity contribution in [2.75, 3.05) is 32.7 Å². The number of para-hydroxylation sites is 1. The minimum atomic E-state index is 0.0641. The van der Waals surface area contributed by atoms with E-state index in [-0.39, 0.29) is 5.91 Å². The van der Waals surface area contributed by atoms with Crippen LogP contribution in [0.25, 0.3) is 10.9 Å². The van der Waals surface area contributed by atoms with E-state index in [0.29, 0.717) is 13.0 Å². The number of aromatic nitrogens is 1. The lowest BCUT2D eigenvalue weighted by Crippen LogP contribution is -2.45. The van der Waals surface area contributed by atoms with Gasteiger partial charge in [-0.25, -0.2) is 0 Å². The van der Waals surface area contributed by atoms with Crippen LogP contribution in [0.5, 0.6) is 0 Å². The largest absolute Gasteiger partial charge is 0.358 e. The van der Waals surface area contributed by atoms with E-state index >= 15 is 0 Å². The quantitative estimate of drug-likeness (QED) is 0.634. The number of aryl methyl sites for hydroxylation is 1. The number of hydrogen-bond donors (Lipinski definition) is 2. The SMILES string of the molecule is CCN1CCN(Cc2ccccc2CNC(=O)Cc2c(C)[nH]c3ccccc23)CC1. The molecule has 2 heterocycles. The second-order valence-electron chi connectivity index (χ2n) is 8.21. The van der Waals surface area contributed by atoms with E-state index < -0.39 is 0 Å². The van der Waals surface area contributed by atoms with Crippen molar-refractivity contribution in [3.63, 3.8) is 0 Å². The maximum absolute atomic E-state index is 12.7. The molecule has 30 heavy (non-hydrogen) atoms. The summed E-state index contributed by atoms with van der Waals surface area (Å²) in [6, 6.07) is 16.7. The zero-order chi connectivity index (χ0) is 20.9. The van der Waals surface area contributed by atoms with Crippen molar-refractivity contribution in [3.8, 4) is 0 Å². The molecule has 0 saturated carbocycles. The first kappa shape index (κ1) is 20.6. The van der Waals surface area contributed by atoms with Gasteiger partial charge in [0.05, 0.1) is 6.42 Å². The number of carbonyl (C=O) groups is 1. The number of benzene rings is 2. The number of carbonyl (C=O) groups excluding carboxylic acids is 1. The molecule has 5 nitrogen and oxygen atoms in total. The molecule has 1 amide bonds. The topological polar surface area (TPSA) is 51.4 Å². The molecule has 0 radical (unpaired) electrons. The highest BCUT2D eigenvalue weighted by Crippen LogP contribution is 2.22. The van der Waals surface area contributed by atoms with Crippen LogP contribution >= 0.6 is 0 Å². The lowest BCUT2D eigenvalue weighted by atomic mass is 10.1. The molecule has 0 unspecified atom stereocenters. The fourth-order valence-electron chi connectivity index (χ4n) is 4.37. The molecule has 1 aromatic heterocycles. The molecule has 1 saturated heterocycles. The van der Waals surface area contributed by atoms with E-state index in [0.717, 1.165) is 61.4 Å². The summed E-state index contributed by atoms with van der Waals surface area (Å²) in [4.78, 5) is 21.1. The summed E-state index contributed by atoms with van der Waals surface area (Å²) in [5, 5.41) is 4.28. The van der Waals surface area contributed by atoms with Gasteiger partial charge >= 0.3 is 0 Å². The van der Waals surface area contributed by atoms with Gasteiger partial charge in [0, 0.05) is 55.9 Å². The highest BCUT2D eigenvalue weighted by molar-refractivity contribution is 5.90. The Kier molecular flexibility index (Phi) is 6.50. The molecule has 2 aromatic carbocycles. The van der Waals surface area contributed by atoms with Crippen LogP contribution in [-0.2, 0) is 24.3 Å². The van der Waals surface area contributed by atoms with Crippen LogP contribution in [0.15, 0.2) is 48.5 Å². The molecule has 3 aromatic rings. The van der Waals surface area contributed by atoms with Crippen molar-refractivity contribution >= 4 is 16.8 Å². The molecule has 1 aliphatic rings. The molecule has 1 fully saturated rings. The Hall–Kier alpha value is -2.63. The van der Waals surface area contributed by atoms with E-state index in [9.17, 15) is 4.79 Å². The Morgan fingerprint density at radius 1 is 0.967 bits per heavy atom. The monoisotopic (exact) mass is 404 g/mol. The van der Waals surface area contributed by atoms with Crippen LogP contribution in [0.1, 0.15) is 29.3 Å². The molecular formula is C25H32N4O. The zero-order valence-corrected chi connectivity index (χ0v) is 18.1. The van der Waals surface area contributed by atoms with Crippen LogP contribution in [0.4, 0.5) is 0 Å². The van der Waals surface area contributed by atoms with Crippen LogP contribution in [0.3, 0.4) is 0 Å². The predicted molar refractivity (Wildman–Crippen MR) is 122 cm³/mol. The lowest BCUT2D eigenvalue weighted by Gasteiger charge is -2.34. The third-order valence-corrected chi connectivity index (χ3v) is 6.26. The van der Waals surface area contributed by atoms with Crippen LogP contribution in [0, 0.1) is 6.92 Å². The standard InChI is InChI=1S/C25H32N4O/c1-3-28-12-14-29(15-13-28)18-21-9-5-4-8-20(21)17-26-25(30)16-23-19(2)27-24-11-7-6-10-22(23)24/h4-11,27H,3,12-18H2,1-2H3,(H,26,30). The summed E-state index contributed by atoms with van der Waals surface area (Å²) in [5.41, 5.74) is 5.76. The Morgan fingerprint density at radius 2 is 1.63 bits per heavy atom. The van der Waals surface area contributed by atoms with Crippen molar-refractivity contribution in [2.45, 2.75) is 33.4 Å². The zero-order valence-electron chi connectivity index (χ0n) is 18.1. The van der Waals surface area contributed by atoms with Gasteiger partial charge in [-0.1, -0.05) is 49.4 Å². The second-order valence-corrected chi connectivity index (χ2v) is 8.21. The fourth-order valence-corrected chi connectivity index (χ4v) is 4.37. The fraction of sp³-hybridized carbons (Fsp3) is 0.400. The van der Waals surface area contributed by atoms with Gasteiger partial charge in [-0.05, 0) is 36.2 Å². The first-order valence-corrected chi connectivity index (χ1v) is 11.0. The maximum atomic E-state index is 12.7. The Bertz CT molecular complexity index is 1000. The molecule has 0 atom stereocenters. The summed E-state index contributed by atoms with van der Waals surface area (Å²) in [6.45, 7) is 11.4. The molecule has 1 aliphatic heterocycles. The van der Waals surface area contributed by atoms with Gasteiger partial charge in [0.2, 0.25) is 5.91 Å². The number of likely N-dealkylation sites (N-methyl/N-ethyl adjacent to an activating group) is 1. The number of nitrogens with zero attached hydrogens (tertiary/aromatic N) is 2. The highest BCUT2D eigenvalue weighted by atomic mass is 16.1. The van der Waals surface area contributed by atoms with Gasteiger partial charge in [-0.15, -0.1) is 0 Å². The van der Waals surface area contributed by atoms with Gasteiger partial charge in [-0.3, -0.25) is 9.69 Å². The average molecular weight is 405 g/mol. The van der Waals surface area contributed by atoms with Crippen molar-refractivity contribution in [1.82, 2.24) is 20.1 Å². The lowest BCUT2D eigenvalue weighted by molar-refractivity contribution is -0.120. The number of amides is 1. The molecule has 0 bridgehead atoms. The Morgan fingerprint density at radius 3 is 2.40 bits per heavy atom. The first-order valence-electron chi connectivity index (χ1n) is 11.0. The number of hydrogen-bond acceptors (Lipinski definition) is 3. The summed E-state index contributed by atoms with van der Waals surface area (Å²) < 4.78 is 0. The van der Waals surface area contributed by atoms with Crippen LogP contribution < -0.4 is 5.32 Å². The van der Waals surface area contributed by atoms with Crippen molar-refractivity contribution in [1.29, 1.82) is 0 Å². The van der Waals surface area contributed by atoms with E-state index in [1.54, 1.807) is 0 Å². The number of rotatable bonds is 7. The number of piperazine rings is 1. The summed E-state index contributed by atoms with van der Waals surface area (Å²) in [5.74, 6) is 0.0641. The number of H-pyrrole nitrogens is 1. The third-order valence-electron chi connectivity index (χ3n) is 6.26. The molecule has 4 rings (SSSR count). The summed E-state index contributed by atoms with van der Waals surface area (Å²) in [6.07, 6.45) is 0.400. The van der Waals surface area contributed by atoms with Crippen molar-refractivity contribution in [3.05, 3.63) is 70.9 Å². The van der Waals surface area contributed by atoms with Crippen molar-refractivity contribution in [2.24, 2.45) is 0 Å². The predicted octanol–water partition coefficient (Wildman–Crippen LogP) is 3.47. The smallest absolute Gasteiger partial charge is 0.224 e. The van der Waals surface area contributed by atoms with Crippen LogP contribution in [0.2, 0.25) is 0 Å². The third kappa shape index (κ3) is 4.74. The van der Waals surface area contributed by atoms with Crippen LogP contribution in [-0.4, -0.2) is 53.4 Å². The molecule has 0 aliphatic carbocycles. The maximum Gasteiger partial charge on any atom is 0.224 e. The second kappa shape index (κ2) is 9.45. The van der Waals surface area contributed by atoms with Gasteiger partial charge < -0.3 is 15.2 Å². The van der Waals surface area contributed by atoms with E-state index in [2.05, 4.69) is 63.4 Å². The number of fused-ring (bicyclic) bond motifs is 1. The summed E-state index contributed by atoms with van der Waals surface area (Å²) >= 11 is 0. The van der Waals surface area contributed by atoms with Gasteiger partial charge in [0.25, 0.3) is 0 Å². The van der Waals surface area contributed by atoms with Gasteiger partial charge in [0.15, 0.2) is 0 Å². The normalized spacial score (nSPS) is 15.5. The molecular weight excluding hydrogens is 372 g/mol. The molecule has 158 valence electrons.